The predicted octanol–water partition coefficient (Wildman–Crippen LogP) is 6.04. The molecule has 1 aromatic heterocycles. The van der Waals surface area contributed by atoms with E-state index in [4.69, 9.17) is 16.3 Å². The first-order valence-electron chi connectivity index (χ1n) is 6.33. The standard InChI is InChI=1S/C16H10BrClFNOS/c1-21-15-11(10-6-5-9(18)7-13(10)19)3-2-4-12(15)14-16(17)22-8-20-14/h2-8H,1H3. The van der Waals surface area contributed by atoms with Crippen molar-refractivity contribution in [1.29, 1.82) is 0 Å². The Morgan fingerprint density at radius 3 is 2.59 bits per heavy atom. The first-order valence-corrected chi connectivity index (χ1v) is 8.38. The summed E-state index contributed by atoms with van der Waals surface area (Å²) < 4.78 is 20.7. The van der Waals surface area contributed by atoms with E-state index in [1.165, 1.54) is 17.4 Å². The summed E-state index contributed by atoms with van der Waals surface area (Å²) in [6.07, 6.45) is 0. The van der Waals surface area contributed by atoms with Gasteiger partial charge in [0.05, 0.1) is 22.1 Å². The highest BCUT2D eigenvalue weighted by molar-refractivity contribution is 9.11. The lowest BCUT2D eigenvalue weighted by Crippen LogP contribution is -1.94. The number of rotatable bonds is 3. The zero-order valence-electron chi connectivity index (χ0n) is 11.4. The number of halogens is 3. The van der Waals surface area contributed by atoms with Crippen LogP contribution in [0.5, 0.6) is 5.75 Å². The van der Waals surface area contributed by atoms with E-state index < -0.39 is 0 Å². The van der Waals surface area contributed by atoms with Crippen LogP contribution < -0.4 is 4.74 Å². The fourth-order valence-corrected chi connectivity index (χ4v) is 3.52. The maximum atomic E-state index is 14.2. The van der Waals surface area contributed by atoms with E-state index >= 15 is 0 Å². The molecule has 0 saturated heterocycles. The Hall–Kier alpha value is -1.43. The van der Waals surface area contributed by atoms with Gasteiger partial charge in [-0.3, -0.25) is 0 Å². The van der Waals surface area contributed by atoms with Crippen molar-refractivity contribution in [3.05, 3.63) is 56.5 Å². The lowest BCUT2D eigenvalue weighted by molar-refractivity contribution is 0.417. The second-order valence-electron chi connectivity index (χ2n) is 4.49. The minimum absolute atomic E-state index is 0.360. The van der Waals surface area contributed by atoms with Crippen molar-refractivity contribution < 1.29 is 9.13 Å². The molecular formula is C16H10BrClFNOS. The Morgan fingerprint density at radius 1 is 1.18 bits per heavy atom. The second-order valence-corrected chi connectivity index (χ2v) is 7.09. The Labute approximate surface area is 144 Å². The third-order valence-electron chi connectivity index (χ3n) is 3.22. The van der Waals surface area contributed by atoms with E-state index in [1.54, 1.807) is 24.8 Å². The number of para-hydroxylation sites is 1. The molecule has 0 radical (unpaired) electrons. The van der Waals surface area contributed by atoms with Gasteiger partial charge < -0.3 is 4.74 Å². The van der Waals surface area contributed by atoms with Gasteiger partial charge in [-0.15, -0.1) is 11.3 Å². The molecule has 2 nitrogen and oxygen atoms in total. The van der Waals surface area contributed by atoms with Crippen molar-refractivity contribution in [1.82, 2.24) is 4.98 Å². The average Bonchev–Trinajstić information content (AvgIpc) is 2.92. The van der Waals surface area contributed by atoms with Crippen molar-refractivity contribution in [3.63, 3.8) is 0 Å². The fraction of sp³-hybridized carbons (Fsp3) is 0.0625. The summed E-state index contributed by atoms with van der Waals surface area (Å²) in [5.41, 5.74) is 4.43. The first-order chi connectivity index (χ1) is 10.6. The van der Waals surface area contributed by atoms with Crippen LogP contribution in [0.2, 0.25) is 5.02 Å². The lowest BCUT2D eigenvalue weighted by atomic mass is 9.99. The van der Waals surface area contributed by atoms with E-state index in [-0.39, 0.29) is 5.82 Å². The summed E-state index contributed by atoms with van der Waals surface area (Å²) in [5, 5.41) is 0.360. The highest BCUT2D eigenvalue weighted by Crippen LogP contribution is 2.42. The molecule has 112 valence electrons. The van der Waals surface area contributed by atoms with Gasteiger partial charge in [0.2, 0.25) is 0 Å². The normalized spacial score (nSPS) is 10.7. The monoisotopic (exact) mass is 397 g/mol. The number of ether oxygens (including phenoxy) is 1. The van der Waals surface area contributed by atoms with E-state index in [0.29, 0.717) is 21.9 Å². The van der Waals surface area contributed by atoms with Crippen molar-refractivity contribution in [2.75, 3.05) is 7.11 Å². The molecule has 22 heavy (non-hydrogen) atoms. The molecule has 0 aliphatic rings. The molecule has 3 aromatic rings. The Kier molecular flexibility index (Phi) is 4.47. The van der Waals surface area contributed by atoms with Gasteiger partial charge in [0.25, 0.3) is 0 Å². The van der Waals surface area contributed by atoms with Crippen LogP contribution in [0.1, 0.15) is 0 Å². The van der Waals surface area contributed by atoms with Gasteiger partial charge in [0.1, 0.15) is 11.6 Å². The molecule has 2 aromatic carbocycles. The van der Waals surface area contributed by atoms with Gasteiger partial charge in [0.15, 0.2) is 0 Å². The zero-order valence-corrected chi connectivity index (χ0v) is 14.6. The molecule has 6 heteroatoms. The van der Waals surface area contributed by atoms with Gasteiger partial charge in [-0.2, -0.15) is 0 Å². The van der Waals surface area contributed by atoms with Crippen molar-refractivity contribution in [2.24, 2.45) is 0 Å². The van der Waals surface area contributed by atoms with Crippen LogP contribution in [0.3, 0.4) is 0 Å². The van der Waals surface area contributed by atoms with Gasteiger partial charge in [-0.05, 0) is 40.2 Å². The van der Waals surface area contributed by atoms with Gasteiger partial charge in [-0.25, -0.2) is 9.37 Å². The molecule has 0 bridgehead atoms. The molecule has 0 aliphatic heterocycles. The van der Waals surface area contributed by atoms with Crippen LogP contribution in [0.15, 0.2) is 45.7 Å². The number of hydrogen-bond donors (Lipinski definition) is 0. The molecule has 0 saturated carbocycles. The average molecular weight is 399 g/mol. The molecule has 0 unspecified atom stereocenters. The number of aromatic nitrogens is 1. The summed E-state index contributed by atoms with van der Waals surface area (Å²) in [4.78, 5) is 4.34. The minimum Gasteiger partial charge on any atom is -0.495 e. The summed E-state index contributed by atoms with van der Waals surface area (Å²) in [6, 6.07) is 10.2. The largest absolute Gasteiger partial charge is 0.495 e. The summed E-state index contributed by atoms with van der Waals surface area (Å²) in [7, 11) is 1.57. The van der Waals surface area contributed by atoms with Crippen molar-refractivity contribution >= 4 is 38.9 Å². The van der Waals surface area contributed by atoms with Crippen molar-refractivity contribution in [3.8, 4) is 28.1 Å². The smallest absolute Gasteiger partial charge is 0.136 e. The Morgan fingerprint density at radius 2 is 1.95 bits per heavy atom. The maximum Gasteiger partial charge on any atom is 0.136 e. The van der Waals surface area contributed by atoms with Gasteiger partial charge in [-0.1, -0.05) is 23.7 Å². The van der Waals surface area contributed by atoms with Crippen LogP contribution in [0.25, 0.3) is 22.4 Å². The lowest BCUT2D eigenvalue weighted by Gasteiger charge is -2.13. The fourth-order valence-electron chi connectivity index (χ4n) is 2.27. The molecular weight excluding hydrogens is 389 g/mol. The topological polar surface area (TPSA) is 22.1 Å². The van der Waals surface area contributed by atoms with Crippen molar-refractivity contribution in [2.45, 2.75) is 0 Å². The quantitative estimate of drug-likeness (QED) is 0.536. The van der Waals surface area contributed by atoms with Crippen LogP contribution in [-0.4, -0.2) is 12.1 Å². The molecule has 0 spiro atoms. The van der Waals surface area contributed by atoms with E-state index in [9.17, 15) is 4.39 Å². The summed E-state index contributed by atoms with van der Waals surface area (Å²) in [5.74, 6) is 0.190. The molecule has 3 rings (SSSR count). The summed E-state index contributed by atoms with van der Waals surface area (Å²) >= 11 is 10.8. The SMILES string of the molecule is COc1c(-c2ccc(Cl)cc2F)cccc1-c1ncsc1Br. The van der Waals surface area contributed by atoms with Crippen LogP contribution >= 0.6 is 38.9 Å². The highest BCUT2D eigenvalue weighted by Gasteiger charge is 2.18. The number of nitrogens with zero attached hydrogens (tertiary/aromatic N) is 1. The number of benzene rings is 2. The molecule has 0 atom stereocenters. The number of methoxy groups -OCH3 is 1. The molecule has 0 aliphatic carbocycles. The van der Waals surface area contributed by atoms with Crippen LogP contribution in [-0.2, 0) is 0 Å². The molecule has 0 fully saturated rings. The number of thiazole rings is 1. The van der Waals surface area contributed by atoms with Crippen LogP contribution in [0, 0.1) is 5.82 Å². The third-order valence-corrected chi connectivity index (χ3v) is 5.00. The van der Waals surface area contributed by atoms with E-state index in [2.05, 4.69) is 20.9 Å². The predicted molar refractivity (Wildman–Crippen MR) is 92.2 cm³/mol. The van der Waals surface area contributed by atoms with Crippen LogP contribution in [0.4, 0.5) is 4.39 Å². The van der Waals surface area contributed by atoms with E-state index in [1.807, 2.05) is 18.2 Å². The van der Waals surface area contributed by atoms with Gasteiger partial charge in [0, 0.05) is 21.7 Å². The number of hydrogen-bond acceptors (Lipinski definition) is 3. The zero-order chi connectivity index (χ0) is 15.7. The Balaban J connectivity index is 2.23. The molecule has 0 N–H and O–H groups in total. The minimum atomic E-state index is -0.389. The molecule has 1 heterocycles. The third kappa shape index (κ3) is 2.76. The molecule has 0 amide bonds. The second kappa shape index (κ2) is 6.36. The Bertz CT molecular complexity index is 837. The van der Waals surface area contributed by atoms with Gasteiger partial charge >= 0.3 is 0 Å². The highest BCUT2D eigenvalue weighted by atomic mass is 79.9. The summed E-state index contributed by atoms with van der Waals surface area (Å²) in [6.45, 7) is 0. The first kappa shape index (κ1) is 15.5. The van der Waals surface area contributed by atoms with E-state index in [0.717, 1.165) is 15.0 Å². The maximum absolute atomic E-state index is 14.2.